The molecule has 5 heterocycles. The van der Waals surface area contributed by atoms with Crippen molar-refractivity contribution < 1.29 is 18.3 Å². The molecule has 3 aliphatic heterocycles. The molecule has 6 nitrogen and oxygen atoms in total. The zero-order valence-electron chi connectivity index (χ0n) is 33.2. The smallest absolute Gasteiger partial charge is 0.252 e. The molecular weight excluding hydrogens is 727 g/mol. The van der Waals surface area contributed by atoms with Crippen molar-refractivity contribution in [1.82, 2.24) is 0 Å². The van der Waals surface area contributed by atoms with Crippen molar-refractivity contribution in [2.75, 3.05) is 16.6 Å². The molecule has 0 unspecified atom stereocenters. The van der Waals surface area contributed by atoms with Crippen LogP contribution in [0.25, 0.3) is 44.6 Å². The summed E-state index contributed by atoms with van der Waals surface area (Å²) in [6.45, 7) is 9.20. The van der Waals surface area contributed by atoms with Crippen LogP contribution in [0.4, 0.5) is 34.1 Å². The number of anilines is 6. The van der Waals surface area contributed by atoms with Crippen LogP contribution in [0.2, 0.25) is 0 Å². The summed E-state index contributed by atoms with van der Waals surface area (Å²) in [7, 11) is 0. The summed E-state index contributed by atoms with van der Waals surface area (Å²) in [5, 5.41) is 2.12. The van der Waals surface area contributed by atoms with Gasteiger partial charge in [0.25, 0.3) is 6.71 Å². The van der Waals surface area contributed by atoms with Crippen molar-refractivity contribution in [3.8, 4) is 34.1 Å². The Hall–Kier alpha value is -7.12. The maximum atomic E-state index is 6.58. The SMILES string of the molecule is Cc1cc2c3c(c1)N(c1ccccc1)c1cc4c(cc1B3c1cc(C(C)(C)C)ccc1N2c1cc(-c2cc3ccccc3o2)cc(-c2cc3ccccc3o2)c1)OCO4. The van der Waals surface area contributed by atoms with E-state index in [1.165, 1.54) is 22.0 Å². The molecule has 0 aliphatic carbocycles. The highest BCUT2D eigenvalue weighted by Gasteiger charge is 2.45. The predicted molar refractivity (Wildman–Crippen MR) is 240 cm³/mol. The summed E-state index contributed by atoms with van der Waals surface area (Å²) >= 11 is 0. The first-order valence-electron chi connectivity index (χ1n) is 20.3. The Morgan fingerprint density at radius 2 is 1.08 bits per heavy atom. The molecule has 59 heavy (non-hydrogen) atoms. The average molecular weight is 767 g/mol. The van der Waals surface area contributed by atoms with E-state index in [1.807, 2.05) is 24.3 Å². The highest BCUT2D eigenvalue weighted by molar-refractivity contribution is 7.00. The summed E-state index contributed by atoms with van der Waals surface area (Å²) in [5.41, 5.74) is 16.2. The van der Waals surface area contributed by atoms with E-state index in [0.29, 0.717) is 0 Å². The van der Waals surface area contributed by atoms with Gasteiger partial charge in [-0.2, -0.15) is 0 Å². The van der Waals surface area contributed by atoms with Crippen molar-refractivity contribution in [3.63, 3.8) is 0 Å². The largest absolute Gasteiger partial charge is 0.456 e. The van der Waals surface area contributed by atoms with E-state index in [9.17, 15) is 0 Å². The highest BCUT2D eigenvalue weighted by atomic mass is 16.7. The van der Waals surface area contributed by atoms with Gasteiger partial charge in [-0.3, -0.25) is 0 Å². The van der Waals surface area contributed by atoms with Gasteiger partial charge in [-0.1, -0.05) is 87.5 Å². The lowest BCUT2D eigenvalue weighted by Gasteiger charge is -2.44. The van der Waals surface area contributed by atoms with E-state index in [1.54, 1.807) is 0 Å². The number of furan rings is 2. The van der Waals surface area contributed by atoms with E-state index in [4.69, 9.17) is 18.3 Å². The minimum absolute atomic E-state index is 0.0750. The first-order valence-corrected chi connectivity index (χ1v) is 20.3. The Labute approximate surface area is 342 Å². The Balaban J connectivity index is 1.16. The number of para-hydroxylation sites is 3. The molecule has 0 radical (unpaired) electrons. The second-order valence-electron chi connectivity index (χ2n) is 17.0. The van der Waals surface area contributed by atoms with E-state index >= 15 is 0 Å². The van der Waals surface area contributed by atoms with E-state index in [0.717, 1.165) is 95.8 Å². The quantitative estimate of drug-likeness (QED) is 0.166. The van der Waals surface area contributed by atoms with Gasteiger partial charge in [0.2, 0.25) is 6.79 Å². The number of aryl methyl sites for hydroxylation is 1. The van der Waals surface area contributed by atoms with Gasteiger partial charge in [-0.15, -0.1) is 0 Å². The van der Waals surface area contributed by atoms with E-state index in [2.05, 4.69) is 165 Å². The van der Waals surface area contributed by atoms with Gasteiger partial charge in [-0.25, -0.2) is 0 Å². The van der Waals surface area contributed by atoms with Gasteiger partial charge in [0.1, 0.15) is 22.7 Å². The Morgan fingerprint density at radius 3 is 1.71 bits per heavy atom. The van der Waals surface area contributed by atoms with Crippen LogP contribution in [0.15, 0.2) is 160 Å². The number of hydrogen-bond donors (Lipinski definition) is 0. The summed E-state index contributed by atoms with van der Waals surface area (Å²) < 4.78 is 25.3. The molecule has 0 bridgehead atoms. The molecule has 3 aliphatic rings. The van der Waals surface area contributed by atoms with Crippen molar-refractivity contribution in [1.29, 1.82) is 0 Å². The van der Waals surface area contributed by atoms with Gasteiger partial charge in [-0.05, 0) is 119 Å². The van der Waals surface area contributed by atoms with Crippen LogP contribution < -0.4 is 35.7 Å². The van der Waals surface area contributed by atoms with Crippen LogP contribution in [0, 0.1) is 6.92 Å². The van der Waals surface area contributed by atoms with Crippen LogP contribution in [-0.2, 0) is 5.41 Å². The monoisotopic (exact) mass is 766 g/mol. The molecule has 0 fully saturated rings. The molecule has 2 aromatic heterocycles. The lowest BCUT2D eigenvalue weighted by atomic mass is 9.33. The minimum atomic E-state index is -0.0768. The lowest BCUT2D eigenvalue weighted by molar-refractivity contribution is 0.174. The third kappa shape index (κ3) is 5.27. The molecule has 0 amide bonds. The summed E-state index contributed by atoms with van der Waals surface area (Å²) in [4.78, 5) is 4.87. The van der Waals surface area contributed by atoms with Crippen LogP contribution in [0.1, 0.15) is 31.9 Å². The van der Waals surface area contributed by atoms with Crippen LogP contribution in [-0.4, -0.2) is 13.5 Å². The van der Waals surface area contributed by atoms with Crippen molar-refractivity contribution >= 4 is 79.2 Å². The zero-order valence-corrected chi connectivity index (χ0v) is 33.2. The average Bonchev–Trinajstić information content (AvgIpc) is 4.01. The number of rotatable bonds is 4. The first-order chi connectivity index (χ1) is 28.7. The van der Waals surface area contributed by atoms with Crippen LogP contribution in [0.3, 0.4) is 0 Å². The zero-order chi connectivity index (χ0) is 39.6. The molecule has 7 heteroatoms. The Morgan fingerprint density at radius 1 is 0.508 bits per heavy atom. The van der Waals surface area contributed by atoms with E-state index in [-0.39, 0.29) is 18.9 Å². The fourth-order valence-corrected chi connectivity index (χ4v) is 9.40. The molecule has 0 N–H and O–H groups in total. The molecule has 7 aromatic carbocycles. The molecule has 0 saturated carbocycles. The van der Waals surface area contributed by atoms with Crippen LogP contribution in [0.5, 0.6) is 11.5 Å². The molecule has 0 atom stereocenters. The maximum Gasteiger partial charge on any atom is 0.252 e. The lowest BCUT2D eigenvalue weighted by Crippen LogP contribution is -2.61. The number of ether oxygens (including phenoxy) is 2. The normalized spacial score (nSPS) is 13.9. The summed E-state index contributed by atoms with van der Waals surface area (Å²) in [5.74, 6) is 3.15. The van der Waals surface area contributed by atoms with Gasteiger partial charge < -0.3 is 28.1 Å². The number of benzene rings is 7. The van der Waals surface area contributed by atoms with Crippen molar-refractivity contribution in [2.24, 2.45) is 0 Å². The standard InChI is InChI=1S/C52H39BN2O4/c1-31-20-43-51-44(21-31)55(38-23-34(47-25-32-12-8-10-16-45(32)58-47)22-35(24-38)48-26-33-13-9-11-17-46(33)59-48)41-19-18-36(52(2,3)4)27-39(41)53(51)40-28-49-50(57-30-56-49)29-42(40)54(43)37-14-6-5-7-15-37/h5-29H,30H2,1-4H3. The molecule has 0 saturated heterocycles. The highest BCUT2D eigenvalue weighted by Crippen LogP contribution is 2.48. The van der Waals surface area contributed by atoms with Gasteiger partial charge >= 0.3 is 0 Å². The van der Waals surface area contributed by atoms with E-state index < -0.39 is 0 Å². The Kier molecular flexibility index (Phi) is 7.16. The van der Waals surface area contributed by atoms with Crippen molar-refractivity contribution in [3.05, 3.63) is 163 Å². The van der Waals surface area contributed by atoms with Gasteiger partial charge in [0, 0.05) is 62.1 Å². The fraction of sp³-hybridized carbons (Fsp3) is 0.115. The minimum Gasteiger partial charge on any atom is -0.456 e. The van der Waals surface area contributed by atoms with Gasteiger partial charge in [0.15, 0.2) is 11.5 Å². The Bertz CT molecular complexity index is 3020. The summed E-state index contributed by atoms with van der Waals surface area (Å²) in [6, 6.07) is 54.2. The number of nitrogens with zero attached hydrogens (tertiary/aromatic N) is 2. The molecule has 9 aromatic rings. The first kappa shape index (κ1) is 34.0. The maximum absolute atomic E-state index is 6.58. The molecular formula is C52H39BN2O4. The third-order valence-electron chi connectivity index (χ3n) is 12.2. The van der Waals surface area contributed by atoms with Gasteiger partial charge in [0.05, 0.1) is 0 Å². The molecule has 0 spiro atoms. The number of fused-ring (bicyclic) bond motifs is 7. The fourth-order valence-electron chi connectivity index (χ4n) is 9.40. The topological polar surface area (TPSA) is 51.2 Å². The molecule has 284 valence electrons. The second kappa shape index (κ2) is 12.4. The summed E-state index contributed by atoms with van der Waals surface area (Å²) in [6.07, 6.45) is 0. The number of hydrogen-bond acceptors (Lipinski definition) is 6. The molecule has 12 rings (SSSR count). The van der Waals surface area contributed by atoms with Crippen molar-refractivity contribution in [2.45, 2.75) is 33.1 Å². The van der Waals surface area contributed by atoms with Crippen LogP contribution >= 0.6 is 0 Å². The predicted octanol–water partition coefficient (Wildman–Crippen LogP) is 11.9. The second-order valence-corrected chi connectivity index (χ2v) is 17.0. The third-order valence-corrected chi connectivity index (χ3v) is 12.2.